The molecule has 0 radical (unpaired) electrons. The molecule has 4 aliphatic rings. The van der Waals surface area contributed by atoms with Crippen LogP contribution in [0.2, 0.25) is 0 Å². The monoisotopic (exact) mass is 735 g/mol. The van der Waals surface area contributed by atoms with Crippen LogP contribution in [-0.2, 0) is 12.8 Å². The molecular weight excluding hydrogens is 687 g/mol. The lowest BCUT2D eigenvalue weighted by Crippen LogP contribution is -2.36. The third-order valence-corrected chi connectivity index (χ3v) is 12.7. The van der Waals surface area contributed by atoms with E-state index in [0.29, 0.717) is 11.8 Å². The van der Waals surface area contributed by atoms with Gasteiger partial charge >= 0.3 is 0 Å². The third-order valence-electron chi connectivity index (χ3n) is 12.7. The maximum Gasteiger partial charge on any atom is 0.0565 e. The molecule has 4 aliphatic carbocycles. The molecule has 0 spiro atoms. The number of fused-ring (bicyclic) bond motifs is 3. The van der Waals surface area contributed by atoms with E-state index >= 15 is 0 Å². The summed E-state index contributed by atoms with van der Waals surface area (Å²) in [6.07, 6.45) is 29.4. The van der Waals surface area contributed by atoms with Crippen molar-refractivity contribution >= 4 is 17.8 Å². The van der Waals surface area contributed by atoms with Gasteiger partial charge < -0.3 is 4.90 Å². The third kappa shape index (κ3) is 7.20. The molecule has 0 amide bonds. The molecule has 0 saturated carbocycles. The van der Waals surface area contributed by atoms with Gasteiger partial charge in [0.25, 0.3) is 0 Å². The van der Waals surface area contributed by atoms with Gasteiger partial charge in [-0.1, -0.05) is 170 Å². The lowest BCUT2D eigenvalue weighted by molar-refractivity contribution is 0.654. The van der Waals surface area contributed by atoms with Gasteiger partial charge in [-0.2, -0.15) is 0 Å². The number of nitrogens with zero attached hydrogens (tertiary/aromatic N) is 1. The second kappa shape index (κ2) is 15.8. The Kier molecular flexibility index (Phi) is 9.74. The fraction of sp³-hybridized carbons (Fsp3) is 0.179. The highest BCUT2D eigenvalue weighted by Gasteiger charge is 2.27. The maximum absolute atomic E-state index is 2.57. The van der Waals surface area contributed by atoms with Crippen LogP contribution >= 0.6 is 0 Å². The predicted molar refractivity (Wildman–Crippen MR) is 242 cm³/mol. The SMILES string of the molecule is C1=CC(c2ccc(-c3ccccc3)c(-c3ccc(-c4ccc(N(C5=CCC(c6ccccc6)C=C5)C5C=Cc6c(ccc7c6CCC=C7)C5)cc4)cc3)c2)CCC1. The Hall–Kier alpha value is -6.18. The Bertz CT molecular complexity index is 2530. The smallest absolute Gasteiger partial charge is 0.0565 e. The normalized spacial score (nSPS) is 19.4. The molecule has 0 N–H and O–H groups in total. The molecule has 57 heavy (non-hydrogen) atoms. The molecule has 0 aromatic heterocycles. The Labute approximate surface area is 338 Å². The highest BCUT2D eigenvalue weighted by Crippen LogP contribution is 2.40. The Morgan fingerprint density at radius 3 is 2.04 bits per heavy atom. The summed E-state index contributed by atoms with van der Waals surface area (Å²) in [6.45, 7) is 0. The van der Waals surface area contributed by atoms with Crippen molar-refractivity contribution in [3.8, 4) is 33.4 Å². The lowest BCUT2D eigenvalue weighted by atomic mass is 9.84. The molecule has 0 saturated heterocycles. The Balaban J connectivity index is 0.954. The first-order chi connectivity index (χ1) is 28.2. The number of rotatable bonds is 8. The lowest BCUT2D eigenvalue weighted by Gasteiger charge is -2.37. The number of hydrogen-bond acceptors (Lipinski definition) is 1. The average Bonchev–Trinajstić information content (AvgIpc) is 3.30. The predicted octanol–water partition coefficient (Wildman–Crippen LogP) is 14.5. The van der Waals surface area contributed by atoms with E-state index in [1.165, 1.54) is 97.4 Å². The summed E-state index contributed by atoms with van der Waals surface area (Å²) < 4.78 is 0. The van der Waals surface area contributed by atoms with Crippen molar-refractivity contribution in [1.29, 1.82) is 0 Å². The molecule has 1 nitrogen and oxygen atoms in total. The molecule has 0 heterocycles. The molecule has 0 bridgehead atoms. The average molecular weight is 736 g/mol. The van der Waals surface area contributed by atoms with Crippen LogP contribution in [0, 0.1) is 0 Å². The fourth-order valence-corrected chi connectivity index (χ4v) is 9.58. The van der Waals surface area contributed by atoms with E-state index in [9.17, 15) is 0 Å². The molecule has 6 aromatic rings. The van der Waals surface area contributed by atoms with Crippen molar-refractivity contribution < 1.29 is 0 Å². The van der Waals surface area contributed by atoms with Crippen LogP contribution < -0.4 is 4.90 Å². The van der Waals surface area contributed by atoms with Crippen LogP contribution in [0.5, 0.6) is 0 Å². The molecule has 6 aromatic carbocycles. The zero-order chi connectivity index (χ0) is 38.0. The summed E-state index contributed by atoms with van der Waals surface area (Å²) in [5, 5.41) is 0. The number of allylic oxidation sites excluding steroid dienone is 6. The largest absolute Gasteiger partial charge is 0.334 e. The van der Waals surface area contributed by atoms with Crippen molar-refractivity contribution in [2.45, 2.75) is 62.8 Å². The van der Waals surface area contributed by atoms with Gasteiger partial charge in [0, 0.05) is 23.2 Å². The van der Waals surface area contributed by atoms with Gasteiger partial charge in [0.15, 0.2) is 0 Å². The van der Waals surface area contributed by atoms with Gasteiger partial charge in [0.1, 0.15) is 0 Å². The summed E-state index contributed by atoms with van der Waals surface area (Å²) >= 11 is 0. The van der Waals surface area contributed by atoms with E-state index in [4.69, 9.17) is 0 Å². The Morgan fingerprint density at radius 2 is 1.28 bits per heavy atom. The van der Waals surface area contributed by atoms with Gasteiger partial charge in [-0.05, 0) is 136 Å². The number of benzene rings is 6. The summed E-state index contributed by atoms with van der Waals surface area (Å²) in [5.74, 6) is 0.895. The van der Waals surface area contributed by atoms with Crippen LogP contribution in [0.4, 0.5) is 5.69 Å². The van der Waals surface area contributed by atoms with E-state index < -0.39 is 0 Å². The van der Waals surface area contributed by atoms with Crippen LogP contribution in [-0.4, -0.2) is 6.04 Å². The summed E-state index contributed by atoms with van der Waals surface area (Å²) in [5.41, 5.74) is 18.7. The van der Waals surface area contributed by atoms with Crippen molar-refractivity contribution in [3.05, 3.63) is 221 Å². The number of anilines is 1. The molecule has 0 aliphatic heterocycles. The molecule has 1 heteroatoms. The summed E-state index contributed by atoms with van der Waals surface area (Å²) in [4.78, 5) is 2.57. The van der Waals surface area contributed by atoms with Crippen LogP contribution in [0.1, 0.15) is 77.3 Å². The van der Waals surface area contributed by atoms with Crippen molar-refractivity contribution in [2.75, 3.05) is 4.90 Å². The van der Waals surface area contributed by atoms with Gasteiger partial charge in [-0.15, -0.1) is 0 Å². The van der Waals surface area contributed by atoms with Crippen molar-refractivity contribution in [3.63, 3.8) is 0 Å². The summed E-state index contributed by atoms with van der Waals surface area (Å²) in [6, 6.07) is 52.3. The molecular formula is C56H49N. The van der Waals surface area contributed by atoms with Gasteiger partial charge in [-0.25, -0.2) is 0 Å². The zero-order valence-corrected chi connectivity index (χ0v) is 32.6. The van der Waals surface area contributed by atoms with Crippen molar-refractivity contribution in [2.24, 2.45) is 0 Å². The quantitative estimate of drug-likeness (QED) is 0.141. The van der Waals surface area contributed by atoms with Crippen LogP contribution in [0.3, 0.4) is 0 Å². The highest BCUT2D eigenvalue weighted by atomic mass is 15.2. The molecule has 10 rings (SSSR count). The molecule has 0 fully saturated rings. The topological polar surface area (TPSA) is 3.24 Å². The molecule has 278 valence electrons. The van der Waals surface area contributed by atoms with E-state index in [2.05, 4.69) is 199 Å². The van der Waals surface area contributed by atoms with Crippen LogP contribution in [0.15, 0.2) is 188 Å². The minimum atomic E-state index is 0.225. The second-order valence-corrected chi connectivity index (χ2v) is 16.1. The Morgan fingerprint density at radius 1 is 0.526 bits per heavy atom. The highest BCUT2D eigenvalue weighted by molar-refractivity contribution is 5.85. The van der Waals surface area contributed by atoms with Crippen LogP contribution in [0.25, 0.3) is 45.5 Å². The number of hydrogen-bond donors (Lipinski definition) is 0. The first-order valence-corrected chi connectivity index (χ1v) is 21.0. The van der Waals surface area contributed by atoms with E-state index in [1.807, 2.05) is 0 Å². The van der Waals surface area contributed by atoms with Gasteiger partial charge in [0.05, 0.1) is 6.04 Å². The molecule has 3 atom stereocenters. The van der Waals surface area contributed by atoms with Gasteiger partial charge in [0.2, 0.25) is 0 Å². The van der Waals surface area contributed by atoms with Gasteiger partial charge in [-0.3, -0.25) is 0 Å². The maximum atomic E-state index is 2.57. The second-order valence-electron chi connectivity index (χ2n) is 16.1. The van der Waals surface area contributed by atoms with Crippen molar-refractivity contribution in [1.82, 2.24) is 0 Å². The molecule has 3 unspecified atom stereocenters. The van der Waals surface area contributed by atoms with E-state index in [1.54, 1.807) is 0 Å². The minimum Gasteiger partial charge on any atom is -0.334 e. The standard InChI is InChI=1S/C56H49N/c1-4-12-40(13-5-1)43-26-31-50(32-27-43)57(52-35-37-55-49(38-52)25-24-46-18-10-11-19-53(46)55)51-33-28-44(29-34-51)42-20-22-47(23-21-42)56-39-48(41-14-6-2-7-15-41)30-36-54(56)45-16-8-3-9-17-45/h1,3-6,8-10,12-14,16-18,20-26,28-37,39,41,43,52H,2,7,11,15,19,27,38H2. The van der Waals surface area contributed by atoms with E-state index in [-0.39, 0.29) is 6.04 Å². The van der Waals surface area contributed by atoms with E-state index in [0.717, 1.165) is 25.7 Å². The minimum absolute atomic E-state index is 0.225. The zero-order valence-electron chi connectivity index (χ0n) is 32.6. The fourth-order valence-electron chi connectivity index (χ4n) is 9.58. The first-order valence-electron chi connectivity index (χ1n) is 21.0. The first kappa shape index (κ1) is 35.2. The summed E-state index contributed by atoms with van der Waals surface area (Å²) in [7, 11) is 0.